The van der Waals surface area contributed by atoms with Crippen LogP contribution in [0.25, 0.3) is 0 Å². The number of pyridine rings is 4. The van der Waals surface area contributed by atoms with Gasteiger partial charge in [-0.3, -0.25) is 48.3 Å². The highest BCUT2D eigenvalue weighted by atomic mass is 35.5. The Morgan fingerprint density at radius 3 is 1.01 bits per heavy atom. The summed E-state index contributed by atoms with van der Waals surface area (Å²) in [5, 5.41) is 45.6. The van der Waals surface area contributed by atoms with Crippen molar-refractivity contribution in [1.29, 1.82) is 0 Å². The molecule has 0 radical (unpaired) electrons. The molecule has 0 saturated carbocycles. The van der Waals surface area contributed by atoms with Crippen LogP contribution >= 0.6 is 92.8 Å². The van der Waals surface area contributed by atoms with Crippen molar-refractivity contribution in [2.24, 2.45) is 9.98 Å². The van der Waals surface area contributed by atoms with E-state index in [9.17, 15) is 38.4 Å². The van der Waals surface area contributed by atoms with E-state index in [-0.39, 0.29) is 45.9 Å². The number of halogens is 8. The number of nitrogen functional groups attached to an aromatic ring is 1. The Hall–Kier alpha value is -14.9. The standard InChI is InChI=1S/C24H22Cl2N6O2.C23H18Cl2N6O2.C23H20Cl2N6O2.C21H15Cl2N7O2/c1-32-11-10-27-24(32)29-13-15-2-4-16(5-3-15)22(33)30-20-8-6-17(25)12-19(20)23(34)31-21-9-7-18(26)14-28-21;24-16-5-7-19(18(11-16)22(33)30-20-8-6-17(25)12-28-20)29-21(32)15-3-1-14(2-4-15)13-31-10-9-27-23(31)26;24-16-5-7-19(18(11-16)22(33)31-20-8-6-17(25)13-28-20)30-21(32)15-3-1-14(2-4-15)12-29-23-26-9-10-27-23;22-15-5-7-18(17(9-15)21(32)27-19-8-6-16(23)10-24-19)26-20(31)14-3-1-13(2-4-14)11-30-12-25-28-29-30/h2-9,12,14H,10-11,13H2,1H3,(H,27,29)(H,30,33)(H,28,31,34);1-12H,13H2,(H2,26,27)(H,29,32)(H,28,30,33);1-8,11,13H,9-10,12H2,(H,30,32)(H2,26,27,29)(H,28,31,33);1-10,12H,11H2,(H,26,31)(H,24,27,32). The number of aliphatic imine (C=N–C) groups is 2. The molecule has 8 aromatic carbocycles. The first-order valence-corrected chi connectivity index (χ1v) is 42.8. The topological polar surface area (TPSA) is 436 Å². The Kier molecular flexibility index (Phi) is 32.9. The Bertz CT molecular complexity index is 6550. The molecule has 132 heavy (non-hydrogen) atoms. The van der Waals surface area contributed by atoms with Gasteiger partial charge in [0.1, 0.15) is 29.6 Å². The third-order valence-electron chi connectivity index (χ3n) is 19.1. The number of nitrogens with zero attached hydrogens (tertiary/aromatic N) is 13. The van der Waals surface area contributed by atoms with E-state index in [0.717, 1.165) is 60.4 Å². The van der Waals surface area contributed by atoms with Crippen LogP contribution in [-0.2, 0) is 26.2 Å². The van der Waals surface area contributed by atoms with Gasteiger partial charge in [0, 0.05) is 113 Å². The molecule has 0 bridgehead atoms. The monoisotopic (exact) mass is 1930 g/mol. The van der Waals surface area contributed by atoms with Gasteiger partial charge in [0.25, 0.3) is 47.3 Å². The molecule has 8 heterocycles. The first-order chi connectivity index (χ1) is 63.7. The maximum Gasteiger partial charge on any atom is 0.258 e. The number of benzene rings is 8. The molecule has 0 fully saturated rings. The van der Waals surface area contributed by atoms with Gasteiger partial charge >= 0.3 is 0 Å². The van der Waals surface area contributed by atoms with Gasteiger partial charge in [-0.15, -0.1) is 5.10 Å². The third kappa shape index (κ3) is 27.6. The number of nitrogens with two attached hydrogens (primary N) is 1. The number of rotatable bonds is 24. The van der Waals surface area contributed by atoms with Crippen molar-refractivity contribution < 1.29 is 38.4 Å². The minimum atomic E-state index is -0.477. The Balaban J connectivity index is 0.000000150. The second-order valence-electron chi connectivity index (χ2n) is 28.5. The zero-order valence-corrected chi connectivity index (χ0v) is 75.2. The van der Waals surface area contributed by atoms with E-state index in [1.54, 1.807) is 179 Å². The quantitative estimate of drug-likeness (QED) is 0.0267. The molecule has 2 aliphatic rings. The van der Waals surface area contributed by atoms with Gasteiger partial charge in [0.15, 0.2) is 17.9 Å². The van der Waals surface area contributed by atoms with Gasteiger partial charge in [-0.05, 0) is 203 Å². The average Bonchev–Trinajstić information content (AvgIpc) is 0.836. The highest BCUT2D eigenvalue weighted by Crippen LogP contribution is 2.30. The number of tetrazole rings is 1. The molecule has 2 aliphatic heterocycles. The van der Waals surface area contributed by atoms with Crippen molar-refractivity contribution in [2.45, 2.75) is 26.2 Å². The lowest BCUT2D eigenvalue weighted by molar-refractivity contribution is 0.101. The number of amides is 8. The van der Waals surface area contributed by atoms with Crippen LogP contribution in [0.5, 0.6) is 0 Å². The molecule has 16 rings (SSSR count). The molecule has 668 valence electrons. The van der Waals surface area contributed by atoms with Gasteiger partial charge in [-0.1, -0.05) is 141 Å². The molecule has 0 aliphatic carbocycles. The Labute approximate surface area is 793 Å². The summed E-state index contributed by atoms with van der Waals surface area (Å²) in [6, 6.07) is 59.8. The smallest absolute Gasteiger partial charge is 0.258 e. The second-order valence-corrected chi connectivity index (χ2v) is 32.0. The number of likely N-dealkylation sites (N-methyl/N-ethyl adjacent to an activating group) is 1. The van der Waals surface area contributed by atoms with Crippen molar-refractivity contribution in [2.75, 3.05) is 81.5 Å². The van der Waals surface area contributed by atoms with Crippen molar-refractivity contribution in [3.8, 4) is 0 Å². The Morgan fingerprint density at radius 2 is 0.712 bits per heavy atom. The molecule has 8 amide bonds. The van der Waals surface area contributed by atoms with Crippen LogP contribution in [0.3, 0.4) is 0 Å². The van der Waals surface area contributed by atoms with E-state index in [1.165, 1.54) is 55.4 Å². The third-order valence-corrected chi connectivity index (χ3v) is 21.0. The molecular weight excluding hydrogens is 1850 g/mol. The second kappa shape index (κ2) is 45.9. The van der Waals surface area contributed by atoms with E-state index in [1.807, 2.05) is 43.4 Å². The van der Waals surface area contributed by atoms with Crippen molar-refractivity contribution in [3.05, 3.63) is 369 Å². The van der Waals surface area contributed by atoms with E-state index in [2.05, 4.69) is 114 Å². The number of nitrogens with one attached hydrogen (secondary N) is 11. The minimum Gasteiger partial charge on any atom is -0.369 e. The Morgan fingerprint density at radius 1 is 0.371 bits per heavy atom. The predicted octanol–water partition coefficient (Wildman–Crippen LogP) is 16.9. The number of guanidine groups is 2. The number of anilines is 9. The summed E-state index contributed by atoms with van der Waals surface area (Å²) in [7, 11) is 1.99. The number of carbonyl (C=O) groups excluding carboxylic acids is 8. The number of hydrogen-bond acceptors (Lipinski definition) is 23. The number of imidazole rings is 1. The largest absolute Gasteiger partial charge is 0.369 e. The summed E-state index contributed by atoms with van der Waals surface area (Å²) in [6.07, 6.45) is 10.6. The highest BCUT2D eigenvalue weighted by molar-refractivity contribution is 6.34. The lowest BCUT2D eigenvalue weighted by Gasteiger charge is -2.15. The van der Waals surface area contributed by atoms with Gasteiger partial charge in [0.05, 0.1) is 91.3 Å². The fraction of sp³-hybridized carbons (Fsp3) is 0.0989. The molecular formula is C91H75Cl8N25O8. The van der Waals surface area contributed by atoms with Crippen LogP contribution in [0.2, 0.25) is 40.2 Å². The summed E-state index contributed by atoms with van der Waals surface area (Å²) in [5.74, 6) is 0.0114. The van der Waals surface area contributed by atoms with Crippen LogP contribution in [0.4, 0.5) is 52.0 Å². The van der Waals surface area contributed by atoms with Crippen LogP contribution in [0.15, 0.2) is 272 Å². The SMILES string of the molecule is CN1CCN=C1NCc1ccc(C(=O)Nc2ccc(Cl)cc2C(=O)Nc2ccc(Cl)cn2)cc1.Nc1nccn1Cc1ccc(C(=O)Nc2ccc(Cl)cc2C(=O)Nc2ccc(Cl)cn2)cc1.O=C(Nc1ccc(Cl)cc1C(=O)Nc1ccc(Cl)cn1)c1ccc(CNC2=NCCN2)cc1.O=C(Nc1ccc(Cl)cc1C(=O)Nc1ccc(Cl)cn1)c1ccc(Cn2cnnn2)cc1. The molecule has 0 saturated heterocycles. The van der Waals surface area contributed by atoms with E-state index < -0.39 is 23.6 Å². The molecule has 33 nitrogen and oxygen atoms in total. The zero-order chi connectivity index (χ0) is 93.2. The zero-order valence-electron chi connectivity index (χ0n) is 69.2. The van der Waals surface area contributed by atoms with Crippen molar-refractivity contribution in [1.82, 2.24) is 70.5 Å². The normalized spacial score (nSPS) is 11.6. The van der Waals surface area contributed by atoms with Gasteiger partial charge in [0.2, 0.25) is 0 Å². The molecule has 6 aromatic heterocycles. The van der Waals surface area contributed by atoms with Gasteiger partial charge in [-0.2, -0.15) is 0 Å². The minimum absolute atomic E-state index is 0.193. The molecule has 0 spiro atoms. The summed E-state index contributed by atoms with van der Waals surface area (Å²) in [4.78, 5) is 133. The molecule has 41 heteroatoms. The van der Waals surface area contributed by atoms with E-state index >= 15 is 0 Å². The van der Waals surface area contributed by atoms with Crippen LogP contribution in [0, 0.1) is 0 Å². The van der Waals surface area contributed by atoms with E-state index in [0.29, 0.717) is 141 Å². The molecule has 13 N–H and O–H groups in total. The maximum atomic E-state index is 12.8. The number of aromatic nitrogens is 10. The van der Waals surface area contributed by atoms with Crippen LogP contribution < -0.4 is 64.2 Å². The summed E-state index contributed by atoms with van der Waals surface area (Å²) in [6.45, 7) is 5.51. The van der Waals surface area contributed by atoms with Gasteiger partial charge < -0.3 is 73.7 Å². The highest BCUT2D eigenvalue weighted by Gasteiger charge is 2.23. The van der Waals surface area contributed by atoms with Crippen LogP contribution in [0.1, 0.15) is 105 Å². The lowest BCUT2D eigenvalue weighted by Crippen LogP contribution is -2.35. The summed E-state index contributed by atoms with van der Waals surface area (Å²) in [5.41, 5.74) is 13.5. The fourth-order valence-electron chi connectivity index (χ4n) is 12.4. The first-order valence-electron chi connectivity index (χ1n) is 39.7. The predicted molar refractivity (Wildman–Crippen MR) is 514 cm³/mol. The van der Waals surface area contributed by atoms with Gasteiger partial charge in [-0.25, -0.2) is 29.6 Å². The molecule has 0 atom stereocenters. The number of hydrogen-bond donors (Lipinski definition) is 12. The van der Waals surface area contributed by atoms with Crippen molar-refractivity contribution in [3.63, 3.8) is 0 Å². The molecule has 14 aromatic rings. The molecule has 0 unspecified atom stereocenters. The first kappa shape index (κ1) is 94.7. The summed E-state index contributed by atoms with van der Waals surface area (Å²) < 4.78 is 3.37. The number of carbonyl (C=O) groups is 8. The summed E-state index contributed by atoms with van der Waals surface area (Å²) >= 11 is 47.7. The maximum absolute atomic E-state index is 12.8. The average molecular weight is 1930 g/mol. The van der Waals surface area contributed by atoms with E-state index in [4.69, 9.17) is 98.5 Å². The fourth-order valence-corrected chi connectivity index (χ4v) is 13.5. The van der Waals surface area contributed by atoms with Crippen molar-refractivity contribution >= 4 is 204 Å². The lowest BCUT2D eigenvalue weighted by atomic mass is 10.1. The van der Waals surface area contributed by atoms with Crippen LogP contribution in [-0.4, -0.2) is 147 Å².